The van der Waals surface area contributed by atoms with E-state index in [2.05, 4.69) is 0 Å². The van der Waals surface area contributed by atoms with Gasteiger partial charge in [0.05, 0.1) is 18.1 Å². The van der Waals surface area contributed by atoms with Crippen molar-refractivity contribution >= 4 is 5.78 Å². The van der Waals surface area contributed by atoms with E-state index in [9.17, 15) is 23.1 Å². The molecule has 2 aliphatic carbocycles. The standard InChI is InChI=1S/C18H10F3NO3/c19-10-3-9(8-22)4-11(5-10)25-15-2-1-12-14(23)7-17(24)16(12)13(15)6-18(17,20)21/h1-5,24H,6-7H2. The number of benzene rings is 2. The summed E-state index contributed by atoms with van der Waals surface area (Å²) >= 11 is 0. The van der Waals surface area contributed by atoms with Crippen LogP contribution in [0.4, 0.5) is 13.2 Å². The molecule has 7 heteroatoms. The van der Waals surface area contributed by atoms with E-state index in [4.69, 9.17) is 10.00 Å². The Morgan fingerprint density at radius 2 is 1.96 bits per heavy atom. The van der Waals surface area contributed by atoms with E-state index >= 15 is 0 Å². The first-order chi connectivity index (χ1) is 11.7. The highest BCUT2D eigenvalue weighted by Crippen LogP contribution is 2.57. The molecule has 0 fully saturated rings. The van der Waals surface area contributed by atoms with Gasteiger partial charge in [0.25, 0.3) is 5.92 Å². The highest BCUT2D eigenvalue weighted by Gasteiger charge is 2.65. The number of Topliss-reactive ketones (excluding diaryl/α,β-unsaturated/α-hetero) is 1. The lowest BCUT2D eigenvalue weighted by molar-refractivity contribution is -0.169. The number of carbonyl (C=O) groups is 1. The Kier molecular flexibility index (Phi) is 3.03. The predicted molar refractivity (Wildman–Crippen MR) is 79.1 cm³/mol. The Morgan fingerprint density at radius 3 is 2.68 bits per heavy atom. The second-order valence-corrected chi connectivity index (χ2v) is 6.20. The van der Waals surface area contributed by atoms with Gasteiger partial charge < -0.3 is 9.84 Å². The molecular formula is C18H10F3NO3. The zero-order valence-corrected chi connectivity index (χ0v) is 12.6. The summed E-state index contributed by atoms with van der Waals surface area (Å²) < 4.78 is 47.7. The van der Waals surface area contributed by atoms with E-state index in [-0.39, 0.29) is 33.8 Å². The van der Waals surface area contributed by atoms with Crippen molar-refractivity contribution in [3.8, 4) is 17.6 Å². The molecule has 0 bridgehead atoms. The first-order valence-corrected chi connectivity index (χ1v) is 7.43. The largest absolute Gasteiger partial charge is 0.457 e. The second kappa shape index (κ2) is 4.83. The van der Waals surface area contributed by atoms with Gasteiger partial charge in [-0.25, -0.2) is 13.2 Å². The van der Waals surface area contributed by atoms with Crippen LogP contribution in [0.25, 0.3) is 0 Å². The van der Waals surface area contributed by atoms with Crippen LogP contribution in [0, 0.1) is 17.1 Å². The Bertz CT molecular complexity index is 980. The number of ether oxygens (including phenoxy) is 1. The third kappa shape index (κ3) is 2.07. The van der Waals surface area contributed by atoms with E-state index in [1.165, 1.54) is 18.2 Å². The van der Waals surface area contributed by atoms with Crippen LogP contribution in [0.2, 0.25) is 0 Å². The molecular weight excluding hydrogens is 335 g/mol. The van der Waals surface area contributed by atoms with Crippen molar-refractivity contribution in [2.75, 3.05) is 0 Å². The van der Waals surface area contributed by atoms with Crippen molar-refractivity contribution in [1.82, 2.24) is 0 Å². The van der Waals surface area contributed by atoms with Gasteiger partial charge >= 0.3 is 0 Å². The molecule has 2 aromatic rings. The molecule has 0 aliphatic heterocycles. The van der Waals surface area contributed by atoms with Gasteiger partial charge in [0.2, 0.25) is 0 Å². The molecule has 126 valence electrons. The predicted octanol–water partition coefficient (Wildman–Crippen LogP) is 3.46. The van der Waals surface area contributed by atoms with E-state index < -0.39 is 36.0 Å². The molecule has 2 aromatic carbocycles. The van der Waals surface area contributed by atoms with Crippen molar-refractivity contribution in [3.63, 3.8) is 0 Å². The Balaban J connectivity index is 1.84. The summed E-state index contributed by atoms with van der Waals surface area (Å²) in [6.07, 6.45) is -1.46. The summed E-state index contributed by atoms with van der Waals surface area (Å²) in [4.78, 5) is 11.9. The molecule has 4 rings (SSSR count). The maximum Gasteiger partial charge on any atom is 0.284 e. The number of hydrogen-bond donors (Lipinski definition) is 1. The Morgan fingerprint density at radius 1 is 1.20 bits per heavy atom. The van der Waals surface area contributed by atoms with Gasteiger partial charge in [-0.15, -0.1) is 0 Å². The van der Waals surface area contributed by atoms with Crippen molar-refractivity contribution in [2.45, 2.75) is 24.4 Å². The van der Waals surface area contributed by atoms with Crippen LogP contribution in [0.5, 0.6) is 11.5 Å². The van der Waals surface area contributed by atoms with Gasteiger partial charge in [-0.3, -0.25) is 4.79 Å². The normalized spacial score (nSPS) is 22.6. The van der Waals surface area contributed by atoms with E-state index in [1.54, 1.807) is 6.07 Å². The van der Waals surface area contributed by atoms with Gasteiger partial charge in [0, 0.05) is 29.2 Å². The lowest BCUT2D eigenvalue weighted by atomic mass is 9.95. The summed E-state index contributed by atoms with van der Waals surface area (Å²) in [7, 11) is 0. The molecule has 1 unspecified atom stereocenters. The van der Waals surface area contributed by atoms with E-state index in [0.29, 0.717) is 0 Å². The summed E-state index contributed by atoms with van der Waals surface area (Å²) in [5.41, 5.74) is -2.55. The number of carbonyl (C=O) groups excluding carboxylic acids is 1. The molecule has 4 nitrogen and oxygen atoms in total. The maximum absolute atomic E-state index is 14.3. The smallest absolute Gasteiger partial charge is 0.284 e. The fraction of sp³-hybridized carbons (Fsp3) is 0.222. The van der Waals surface area contributed by atoms with Crippen LogP contribution in [-0.4, -0.2) is 16.8 Å². The minimum atomic E-state index is -3.50. The fourth-order valence-electron chi connectivity index (χ4n) is 3.51. The average molecular weight is 345 g/mol. The molecule has 1 N–H and O–H groups in total. The quantitative estimate of drug-likeness (QED) is 0.905. The number of nitriles is 1. The zero-order valence-electron chi connectivity index (χ0n) is 12.6. The molecule has 2 aliphatic rings. The Labute approximate surface area is 140 Å². The van der Waals surface area contributed by atoms with Crippen LogP contribution in [-0.2, 0) is 12.0 Å². The summed E-state index contributed by atoms with van der Waals surface area (Å²) in [5, 5.41) is 19.3. The molecule has 25 heavy (non-hydrogen) atoms. The third-order valence-electron chi connectivity index (χ3n) is 4.63. The highest BCUT2D eigenvalue weighted by molar-refractivity contribution is 6.03. The van der Waals surface area contributed by atoms with Crippen LogP contribution in [0.15, 0.2) is 30.3 Å². The summed E-state index contributed by atoms with van der Waals surface area (Å²) in [6, 6.07) is 7.74. The summed E-state index contributed by atoms with van der Waals surface area (Å²) in [5.74, 6) is -4.80. The van der Waals surface area contributed by atoms with Crippen LogP contribution in [0.3, 0.4) is 0 Å². The first kappa shape index (κ1) is 15.7. The third-order valence-corrected chi connectivity index (χ3v) is 4.63. The SMILES string of the molecule is N#Cc1cc(F)cc(Oc2ccc3c4c2CC(F)(F)C4(O)CC3=O)c1. The number of ketones is 1. The Hall–Kier alpha value is -2.85. The van der Waals surface area contributed by atoms with Crippen molar-refractivity contribution in [1.29, 1.82) is 5.26 Å². The lowest BCUT2D eigenvalue weighted by Gasteiger charge is -2.25. The zero-order chi connectivity index (χ0) is 18.0. The molecule has 0 radical (unpaired) electrons. The van der Waals surface area contributed by atoms with Gasteiger partial charge in [-0.05, 0) is 24.3 Å². The van der Waals surface area contributed by atoms with Gasteiger partial charge in [0.1, 0.15) is 17.3 Å². The van der Waals surface area contributed by atoms with Gasteiger partial charge in [-0.1, -0.05) is 0 Å². The topological polar surface area (TPSA) is 70.3 Å². The van der Waals surface area contributed by atoms with Crippen LogP contribution in [0.1, 0.15) is 33.5 Å². The van der Waals surface area contributed by atoms with Crippen molar-refractivity contribution in [2.24, 2.45) is 0 Å². The molecule has 0 saturated carbocycles. The van der Waals surface area contributed by atoms with E-state index in [0.717, 1.165) is 12.1 Å². The highest BCUT2D eigenvalue weighted by atomic mass is 19.3. The molecule has 1 atom stereocenters. The van der Waals surface area contributed by atoms with Crippen molar-refractivity contribution in [3.05, 3.63) is 58.4 Å². The van der Waals surface area contributed by atoms with Gasteiger partial charge in [-0.2, -0.15) is 5.26 Å². The number of rotatable bonds is 2. The number of aliphatic hydroxyl groups is 1. The molecule has 0 aromatic heterocycles. The molecule has 0 saturated heterocycles. The van der Waals surface area contributed by atoms with Gasteiger partial charge in [0.15, 0.2) is 11.4 Å². The van der Waals surface area contributed by atoms with Crippen LogP contribution >= 0.6 is 0 Å². The number of nitrogens with zero attached hydrogens (tertiary/aromatic N) is 1. The minimum absolute atomic E-state index is 0.00135. The summed E-state index contributed by atoms with van der Waals surface area (Å²) in [6.45, 7) is 0. The van der Waals surface area contributed by atoms with Crippen LogP contribution < -0.4 is 4.74 Å². The number of hydrogen-bond acceptors (Lipinski definition) is 4. The van der Waals surface area contributed by atoms with E-state index in [1.807, 2.05) is 0 Å². The second-order valence-electron chi connectivity index (χ2n) is 6.20. The van der Waals surface area contributed by atoms with Crippen molar-refractivity contribution < 1.29 is 27.8 Å². The molecule has 0 amide bonds. The minimum Gasteiger partial charge on any atom is -0.457 e. The fourth-order valence-corrected chi connectivity index (χ4v) is 3.51. The lowest BCUT2D eigenvalue weighted by Crippen LogP contribution is -2.40. The number of halogens is 3. The maximum atomic E-state index is 14.3. The number of alkyl halides is 2. The molecule has 0 heterocycles. The first-order valence-electron chi connectivity index (χ1n) is 7.43. The molecule has 0 spiro atoms. The average Bonchev–Trinajstić information content (AvgIpc) is 2.92. The monoisotopic (exact) mass is 345 g/mol.